The molecule has 0 saturated carbocycles. The summed E-state index contributed by atoms with van der Waals surface area (Å²) in [4.78, 5) is 0. The lowest BCUT2D eigenvalue weighted by Gasteiger charge is -2.36. The van der Waals surface area contributed by atoms with Crippen molar-refractivity contribution in [2.24, 2.45) is 5.73 Å². The Labute approximate surface area is 73.9 Å². The van der Waals surface area contributed by atoms with E-state index < -0.39 is 7.14 Å². The van der Waals surface area contributed by atoms with Crippen LogP contribution in [0.4, 0.5) is 0 Å². The lowest BCUT2D eigenvalue weighted by molar-refractivity contribution is 0.544. The standard InChI is InChI=1S/C9H16NOP/c1-9(12(2,3)11)7-5-4-6-8(9)10/h4-8H,10H2,1-3H3. The van der Waals surface area contributed by atoms with Gasteiger partial charge in [0, 0.05) is 6.04 Å². The van der Waals surface area contributed by atoms with Crippen molar-refractivity contribution in [3.8, 4) is 0 Å². The minimum Gasteiger partial charge on any atom is -0.323 e. The third-order valence-electron chi connectivity index (χ3n) is 2.70. The van der Waals surface area contributed by atoms with Gasteiger partial charge in [0.05, 0.1) is 12.3 Å². The molecule has 1 aliphatic rings. The highest BCUT2D eigenvalue weighted by atomic mass is 31.2. The van der Waals surface area contributed by atoms with Crippen LogP contribution < -0.4 is 5.73 Å². The van der Waals surface area contributed by atoms with E-state index in [1.54, 1.807) is 13.3 Å². The maximum Gasteiger partial charge on any atom is 0.0929 e. The average Bonchev–Trinajstić information content (AvgIpc) is 1.93. The van der Waals surface area contributed by atoms with Crippen LogP contribution in [0.2, 0.25) is 0 Å². The fourth-order valence-corrected chi connectivity index (χ4v) is 2.53. The van der Waals surface area contributed by atoms with Gasteiger partial charge in [0.25, 0.3) is 0 Å². The quantitative estimate of drug-likeness (QED) is 0.633. The van der Waals surface area contributed by atoms with Gasteiger partial charge in [-0.3, -0.25) is 0 Å². The Morgan fingerprint density at radius 2 is 2.00 bits per heavy atom. The van der Waals surface area contributed by atoms with Crippen molar-refractivity contribution in [1.82, 2.24) is 0 Å². The minimum atomic E-state index is -2.17. The van der Waals surface area contributed by atoms with Crippen molar-refractivity contribution < 1.29 is 4.57 Å². The molecule has 0 bridgehead atoms. The SMILES string of the molecule is CC1(P(C)(C)=O)C=CC=CC1N. The maximum absolute atomic E-state index is 11.9. The van der Waals surface area contributed by atoms with Gasteiger partial charge in [-0.2, -0.15) is 0 Å². The molecule has 2 atom stereocenters. The molecule has 0 aliphatic heterocycles. The van der Waals surface area contributed by atoms with Crippen LogP contribution in [0.5, 0.6) is 0 Å². The first-order valence-electron chi connectivity index (χ1n) is 4.04. The van der Waals surface area contributed by atoms with Crippen molar-refractivity contribution >= 4 is 7.14 Å². The van der Waals surface area contributed by atoms with Gasteiger partial charge in [0.1, 0.15) is 0 Å². The second-order valence-electron chi connectivity index (χ2n) is 3.85. The highest BCUT2D eigenvalue weighted by Crippen LogP contribution is 2.54. The average molecular weight is 185 g/mol. The summed E-state index contributed by atoms with van der Waals surface area (Å²) in [5, 5.41) is -0.359. The van der Waals surface area contributed by atoms with Crippen molar-refractivity contribution in [2.75, 3.05) is 13.3 Å². The van der Waals surface area contributed by atoms with Crippen LogP contribution in [-0.4, -0.2) is 24.5 Å². The van der Waals surface area contributed by atoms with E-state index in [9.17, 15) is 4.57 Å². The summed E-state index contributed by atoms with van der Waals surface area (Å²) >= 11 is 0. The molecule has 2 unspecified atom stereocenters. The van der Waals surface area contributed by atoms with E-state index in [0.29, 0.717) is 0 Å². The lowest BCUT2D eigenvalue weighted by Crippen LogP contribution is -2.43. The molecule has 0 amide bonds. The van der Waals surface area contributed by atoms with Gasteiger partial charge < -0.3 is 10.3 Å². The molecule has 0 radical (unpaired) electrons. The van der Waals surface area contributed by atoms with Crippen LogP contribution in [-0.2, 0) is 4.57 Å². The fraction of sp³-hybridized carbons (Fsp3) is 0.556. The summed E-state index contributed by atoms with van der Waals surface area (Å²) in [5.74, 6) is 0. The molecule has 0 aromatic rings. The van der Waals surface area contributed by atoms with E-state index in [1.165, 1.54) is 0 Å². The fourth-order valence-electron chi connectivity index (χ4n) is 1.28. The number of nitrogens with two attached hydrogens (primary N) is 1. The highest BCUT2D eigenvalue weighted by Gasteiger charge is 2.39. The van der Waals surface area contributed by atoms with Gasteiger partial charge in [-0.25, -0.2) is 0 Å². The van der Waals surface area contributed by atoms with Crippen molar-refractivity contribution in [2.45, 2.75) is 18.1 Å². The van der Waals surface area contributed by atoms with Crippen LogP contribution >= 0.6 is 7.14 Å². The smallest absolute Gasteiger partial charge is 0.0929 e. The lowest BCUT2D eigenvalue weighted by atomic mass is 9.97. The molecule has 12 heavy (non-hydrogen) atoms. The molecular weight excluding hydrogens is 169 g/mol. The molecule has 68 valence electrons. The van der Waals surface area contributed by atoms with Gasteiger partial charge in [-0.05, 0) is 20.3 Å². The molecule has 1 aliphatic carbocycles. The summed E-state index contributed by atoms with van der Waals surface area (Å²) in [6.07, 6.45) is 7.68. The number of hydrogen-bond donors (Lipinski definition) is 1. The first kappa shape index (κ1) is 9.76. The zero-order chi connectivity index (χ0) is 9.41. The largest absolute Gasteiger partial charge is 0.323 e. The van der Waals surface area contributed by atoms with E-state index in [0.717, 1.165) is 0 Å². The first-order valence-corrected chi connectivity index (χ1v) is 6.65. The third-order valence-corrected chi connectivity index (χ3v) is 5.47. The monoisotopic (exact) mass is 185 g/mol. The summed E-state index contributed by atoms with van der Waals surface area (Å²) < 4.78 is 11.9. The Kier molecular flexibility index (Phi) is 2.33. The Bertz CT molecular complexity index is 276. The van der Waals surface area contributed by atoms with E-state index in [1.807, 2.05) is 31.2 Å². The second-order valence-corrected chi connectivity index (χ2v) is 7.51. The van der Waals surface area contributed by atoms with Crippen molar-refractivity contribution in [3.05, 3.63) is 24.3 Å². The van der Waals surface area contributed by atoms with Crippen molar-refractivity contribution in [3.63, 3.8) is 0 Å². The Morgan fingerprint density at radius 1 is 1.42 bits per heavy atom. The summed E-state index contributed by atoms with van der Waals surface area (Å²) in [6.45, 7) is 5.53. The van der Waals surface area contributed by atoms with Gasteiger partial charge in [-0.1, -0.05) is 24.3 Å². The van der Waals surface area contributed by atoms with E-state index in [4.69, 9.17) is 5.73 Å². The Hall–Kier alpha value is -0.330. The van der Waals surface area contributed by atoms with Crippen LogP contribution in [0, 0.1) is 0 Å². The minimum absolute atomic E-state index is 0.122. The van der Waals surface area contributed by atoms with E-state index in [-0.39, 0.29) is 11.2 Å². The molecule has 0 heterocycles. The molecule has 0 aromatic heterocycles. The maximum atomic E-state index is 11.9. The normalized spacial score (nSPS) is 35.5. The molecule has 0 spiro atoms. The van der Waals surface area contributed by atoms with Crippen LogP contribution in [0.25, 0.3) is 0 Å². The zero-order valence-corrected chi connectivity index (χ0v) is 8.71. The summed E-state index contributed by atoms with van der Waals surface area (Å²) in [6, 6.07) is -0.122. The van der Waals surface area contributed by atoms with Gasteiger partial charge in [0.2, 0.25) is 0 Å². The molecule has 1 rings (SSSR count). The summed E-state index contributed by atoms with van der Waals surface area (Å²) in [7, 11) is -2.17. The van der Waals surface area contributed by atoms with Crippen LogP contribution in [0.1, 0.15) is 6.92 Å². The molecule has 0 fully saturated rings. The third kappa shape index (κ3) is 1.41. The number of rotatable bonds is 1. The molecule has 2 nitrogen and oxygen atoms in total. The molecule has 3 heteroatoms. The molecule has 0 aromatic carbocycles. The summed E-state index contributed by atoms with van der Waals surface area (Å²) in [5.41, 5.74) is 5.89. The van der Waals surface area contributed by atoms with E-state index >= 15 is 0 Å². The predicted molar refractivity (Wildman–Crippen MR) is 54.1 cm³/mol. The first-order chi connectivity index (χ1) is 5.38. The number of hydrogen-bond acceptors (Lipinski definition) is 2. The zero-order valence-electron chi connectivity index (χ0n) is 7.82. The molecule has 2 N–H and O–H groups in total. The second kappa shape index (κ2) is 2.86. The van der Waals surface area contributed by atoms with Gasteiger partial charge >= 0.3 is 0 Å². The van der Waals surface area contributed by atoms with Crippen LogP contribution in [0.15, 0.2) is 24.3 Å². The number of allylic oxidation sites excluding steroid dienone is 2. The highest BCUT2D eigenvalue weighted by molar-refractivity contribution is 7.64. The topological polar surface area (TPSA) is 43.1 Å². The van der Waals surface area contributed by atoms with Crippen molar-refractivity contribution in [1.29, 1.82) is 0 Å². The van der Waals surface area contributed by atoms with Crippen LogP contribution in [0.3, 0.4) is 0 Å². The Balaban J connectivity index is 3.07. The Morgan fingerprint density at radius 3 is 2.33 bits per heavy atom. The van der Waals surface area contributed by atoms with Gasteiger partial charge in [-0.15, -0.1) is 0 Å². The molecule has 0 saturated heterocycles. The van der Waals surface area contributed by atoms with E-state index in [2.05, 4.69) is 0 Å². The van der Waals surface area contributed by atoms with Gasteiger partial charge in [0.15, 0.2) is 0 Å². The molecular formula is C9H16NOP. The predicted octanol–water partition coefficient (Wildman–Crippen LogP) is 1.82.